The molecular weight excluding hydrogens is 464 g/mol. The van der Waals surface area contributed by atoms with Crippen molar-refractivity contribution < 1.29 is 22.7 Å². The molecule has 3 aromatic rings. The number of amides is 1. The second-order valence-corrected chi connectivity index (χ2v) is 10.1. The van der Waals surface area contributed by atoms with E-state index in [1.54, 1.807) is 36.4 Å². The van der Waals surface area contributed by atoms with Crippen LogP contribution in [0.3, 0.4) is 0 Å². The van der Waals surface area contributed by atoms with E-state index < -0.39 is 10.0 Å². The third kappa shape index (κ3) is 7.07. The maximum Gasteiger partial charge on any atom is 0.264 e. The van der Waals surface area contributed by atoms with Crippen LogP contribution in [-0.2, 0) is 21.3 Å². The molecule has 0 heterocycles. The summed E-state index contributed by atoms with van der Waals surface area (Å²) in [5.74, 6) is 0.216. The van der Waals surface area contributed by atoms with Crippen LogP contribution >= 0.6 is 0 Å². The van der Waals surface area contributed by atoms with E-state index in [0.717, 1.165) is 5.56 Å². The number of hydrogen-bond acceptors (Lipinski definition) is 5. The highest BCUT2D eigenvalue weighted by Crippen LogP contribution is 2.30. The predicted octanol–water partition coefficient (Wildman–Crippen LogP) is 4.64. The second-order valence-electron chi connectivity index (χ2n) is 8.22. The van der Waals surface area contributed by atoms with Crippen LogP contribution in [-0.4, -0.2) is 40.7 Å². The number of hydrogen-bond donors (Lipinski definition) is 1. The molecule has 35 heavy (non-hydrogen) atoms. The monoisotopic (exact) mass is 496 g/mol. The SMILES string of the molecule is COc1ccc(S(=O)(=O)N(Cc2ccccc2)c2ccccc2C(=O)NCCCOC(C)C)cc1. The Labute approximate surface area is 207 Å². The van der Waals surface area contributed by atoms with Crippen molar-refractivity contribution in [3.63, 3.8) is 0 Å². The van der Waals surface area contributed by atoms with Crippen LogP contribution in [0.4, 0.5) is 5.69 Å². The molecule has 8 heteroatoms. The van der Waals surface area contributed by atoms with Crippen molar-refractivity contribution in [3.05, 3.63) is 90.0 Å². The number of nitrogens with zero attached hydrogens (tertiary/aromatic N) is 1. The Bertz CT molecular complexity index is 1200. The van der Waals surface area contributed by atoms with Crippen LogP contribution in [0.25, 0.3) is 0 Å². The van der Waals surface area contributed by atoms with Gasteiger partial charge in [-0.1, -0.05) is 42.5 Å². The molecule has 0 atom stereocenters. The lowest BCUT2D eigenvalue weighted by molar-refractivity contribution is 0.0757. The zero-order chi connectivity index (χ0) is 25.3. The highest BCUT2D eigenvalue weighted by atomic mass is 32.2. The summed E-state index contributed by atoms with van der Waals surface area (Å²) in [5, 5.41) is 2.88. The van der Waals surface area contributed by atoms with Gasteiger partial charge in [0.15, 0.2) is 0 Å². The van der Waals surface area contributed by atoms with Crippen LogP contribution in [0.2, 0.25) is 0 Å². The Kier molecular flexibility index (Phi) is 9.28. The maximum absolute atomic E-state index is 13.8. The van der Waals surface area contributed by atoms with Crippen molar-refractivity contribution in [1.29, 1.82) is 0 Å². The summed E-state index contributed by atoms with van der Waals surface area (Å²) in [6, 6.07) is 22.2. The molecule has 0 bridgehead atoms. The van der Waals surface area contributed by atoms with E-state index in [1.165, 1.54) is 23.5 Å². The predicted molar refractivity (Wildman–Crippen MR) is 137 cm³/mol. The Morgan fingerprint density at radius 3 is 2.26 bits per heavy atom. The highest BCUT2D eigenvalue weighted by molar-refractivity contribution is 7.92. The number of carbonyl (C=O) groups excluding carboxylic acids is 1. The largest absolute Gasteiger partial charge is 0.497 e. The molecule has 7 nitrogen and oxygen atoms in total. The molecule has 0 radical (unpaired) electrons. The van der Waals surface area contributed by atoms with Crippen molar-refractivity contribution in [2.45, 2.75) is 37.8 Å². The minimum atomic E-state index is -3.99. The first-order valence-electron chi connectivity index (χ1n) is 11.5. The number of carbonyl (C=O) groups is 1. The van der Waals surface area contributed by atoms with Crippen LogP contribution in [0.5, 0.6) is 5.75 Å². The molecule has 1 N–H and O–H groups in total. The first-order valence-corrected chi connectivity index (χ1v) is 13.0. The third-order valence-electron chi connectivity index (χ3n) is 5.29. The number of benzene rings is 3. The molecule has 0 unspecified atom stereocenters. The van der Waals surface area contributed by atoms with Gasteiger partial charge >= 0.3 is 0 Å². The van der Waals surface area contributed by atoms with Gasteiger partial charge in [0.1, 0.15) is 5.75 Å². The van der Waals surface area contributed by atoms with E-state index in [-0.39, 0.29) is 29.0 Å². The van der Waals surface area contributed by atoms with Crippen LogP contribution < -0.4 is 14.4 Å². The van der Waals surface area contributed by atoms with Crippen molar-refractivity contribution in [2.24, 2.45) is 0 Å². The summed E-state index contributed by atoms with van der Waals surface area (Å²) in [6.07, 6.45) is 0.783. The highest BCUT2D eigenvalue weighted by Gasteiger charge is 2.28. The molecule has 3 aromatic carbocycles. The summed E-state index contributed by atoms with van der Waals surface area (Å²) >= 11 is 0. The van der Waals surface area contributed by atoms with E-state index in [1.807, 2.05) is 44.2 Å². The summed E-state index contributed by atoms with van der Waals surface area (Å²) in [7, 11) is -2.47. The summed E-state index contributed by atoms with van der Waals surface area (Å²) < 4.78 is 39.6. The van der Waals surface area contributed by atoms with Gasteiger partial charge in [0.05, 0.1) is 35.9 Å². The van der Waals surface area contributed by atoms with Gasteiger partial charge in [-0.2, -0.15) is 0 Å². The molecule has 0 spiro atoms. The second kappa shape index (κ2) is 12.4. The fourth-order valence-corrected chi connectivity index (χ4v) is 4.97. The Hall–Kier alpha value is -3.36. The topological polar surface area (TPSA) is 84.9 Å². The zero-order valence-electron chi connectivity index (χ0n) is 20.3. The quantitative estimate of drug-likeness (QED) is 0.370. The van der Waals surface area contributed by atoms with Gasteiger partial charge in [0.25, 0.3) is 15.9 Å². The molecule has 0 aliphatic rings. The van der Waals surface area contributed by atoms with Gasteiger partial charge in [-0.3, -0.25) is 9.10 Å². The first kappa shape index (κ1) is 26.2. The smallest absolute Gasteiger partial charge is 0.264 e. The molecule has 1 amide bonds. The number of sulfonamides is 1. The summed E-state index contributed by atoms with van der Waals surface area (Å²) in [6.45, 7) is 4.94. The normalized spacial score (nSPS) is 11.3. The Morgan fingerprint density at radius 2 is 1.60 bits per heavy atom. The minimum Gasteiger partial charge on any atom is -0.497 e. The molecule has 0 aliphatic carbocycles. The molecule has 0 saturated carbocycles. The average Bonchev–Trinajstić information content (AvgIpc) is 2.87. The van der Waals surface area contributed by atoms with Crippen LogP contribution in [0.1, 0.15) is 36.2 Å². The number of ether oxygens (including phenoxy) is 2. The standard InChI is InChI=1S/C27H32N2O5S/c1-21(2)34-19-9-18-28-27(30)25-12-7-8-13-26(25)29(20-22-10-5-4-6-11-22)35(31,32)24-16-14-23(33-3)15-17-24/h4-8,10-17,21H,9,18-20H2,1-3H3,(H,28,30). The Morgan fingerprint density at radius 1 is 0.943 bits per heavy atom. The lowest BCUT2D eigenvalue weighted by atomic mass is 10.1. The molecule has 3 rings (SSSR count). The third-order valence-corrected chi connectivity index (χ3v) is 7.07. The number of para-hydroxylation sites is 1. The molecule has 0 aliphatic heterocycles. The number of methoxy groups -OCH3 is 1. The average molecular weight is 497 g/mol. The van der Waals surface area contributed by atoms with E-state index in [4.69, 9.17) is 9.47 Å². The lowest BCUT2D eigenvalue weighted by Crippen LogP contribution is -2.34. The fraction of sp³-hybridized carbons (Fsp3) is 0.296. The first-order chi connectivity index (χ1) is 16.8. The van der Waals surface area contributed by atoms with Gasteiger partial charge in [-0.25, -0.2) is 8.42 Å². The number of rotatable bonds is 12. The molecular formula is C27H32N2O5S. The number of anilines is 1. The minimum absolute atomic E-state index is 0.0712. The van der Waals surface area contributed by atoms with E-state index in [9.17, 15) is 13.2 Å². The van der Waals surface area contributed by atoms with Crippen molar-refractivity contribution >= 4 is 21.6 Å². The number of nitrogens with one attached hydrogen (secondary N) is 1. The van der Waals surface area contributed by atoms with Gasteiger partial charge in [0, 0.05) is 13.2 Å². The lowest BCUT2D eigenvalue weighted by Gasteiger charge is -2.26. The van der Waals surface area contributed by atoms with Crippen molar-refractivity contribution in [3.8, 4) is 5.75 Å². The molecule has 0 aromatic heterocycles. The van der Waals surface area contributed by atoms with E-state index in [2.05, 4.69) is 5.32 Å². The fourth-order valence-electron chi connectivity index (χ4n) is 3.50. The zero-order valence-corrected chi connectivity index (χ0v) is 21.1. The summed E-state index contributed by atoms with van der Waals surface area (Å²) in [4.78, 5) is 13.2. The molecule has 0 saturated heterocycles. The van der Waals surface area contributed by atoms with E-state index >= 15 is 0 Å². The van der Waals surface area contributed by atoms with Crippen LogP contribution in [0.15, 0.2) is 83.8 Å². The van der Waals surface area contributed by atoms with Crippen molar-refractivity contribution in [1.82, 2.24) is 5.32 Å². The van der Waals surface area contributed by atoms with Gasteiger partial charge in [-0.15, -0.1) is 0 Å². The molecule has 186 valence electrons. The summed E-state index contributed by atoms with van der Waals surface area (Å²) in [5.41, 5.74) is 1.39. The molecule has 0 fully saturated rings. The van der Waals surface area contributed by atoms with Gasteiger partial charge in [0.2, 0.25) is 0 Å². The van der Waals surface area contributed by atoms with Crippen LogP contribution in [0, 0.1) is 0 Å². The van der Waals surface area contributed by atoms with Gasteiger partial charge < -0.3 is 14.8 Å². The van der Waals surface area contributed by atoms with Gasteiger partial charge in [-0.05, 0) is 62.2 Å². The maximum atomic E-state index is 13.8. The Balaban J connectivity index is 1.94. The van der Waals surface area contributed by atoms with E-state index in [0.29, 0.717) is 31.0 Å². The van der Waals surface area contributed by atoms with Crippen molar-refractivity contribution in [2.75, 3.05) is 24.6 Å².